The number of benzene rings is 2. The number of aromatic nitrogens is 3. The molecule has 2 amide bonds. The highest BCUT2D eigenvalue weighted by Crippen LogP contribution is 2.26. The van der Waals surface area contributed by atoms with Gasteiger partial charge in [0.2, 0.25) is 5.91 Å². The summed E-state index contributed by atoms with van der Waals surface area (Å²) in [6, 6.07) is 10.2. The Labute approximate surface area is 199 Å². The van der Waals surface area contributed by atoms with Gasteiger partial charge in [-0.3, -0.25) is 9.59 Å². The van der Waals surface area contributed by atoms with Gasteiger partial charge in [-0.25, -0.2) is 0 Å². The first-order chi connectivity index (χ1) is 15.3. The first-order valence-electron chi connectivity index (χ1n) is 9.47. The average Bonchev–Trinajstić information content (AvgIpc) is 3.12. The molecule has 168 valence electrons. The summed E-state index contributed by atoms with van der Waals surface area (Å²) in [5, 5.41) is 15.0. The van der Waals surface area contributed by atoms with E-state index in [-0.39, 0.29) is 24.1 Å². The number of ether oxygens (including phenoxy) is 1. The second kappa shape index (κ2) is 10.7. The van der Waals surface area contributed by atoms with Gasteiger partial charge in [0.25, 0.3) is 5.91 Å². The summed E-state index contributed by atoms with van der Waals surface area (Å²) < 4.78 is 7.00. The van der Waals surface area contributed by atoms with E-state index in [9.17, 15) is 9.59 Å². The molecule has 0 atom stereocenters. The maximum Gasteiger partial charge on any atom is 0.251 e. The normalized spacial score (nSPS) is 10.7. The summed E-state index contributed by atoms with van der Waals surface area (Å²) in [7, 11) is 3.32. The lowest BCUT2D eigenvalue weighted by Crippen LogP contribution is -2.24. The van der Waals surface area contributed by atoms with Gasteiger partial charge in [0.15, 0.2) is 11.0 Å². The average molecular weight is 494 g/mol. The summed E-state index contributed by atoms with van der Waals surface area (Å²) in [5.74, 6) is 0.761. The van der Waals surface area contributed by atoms with E-state index in [1.165, 1.54) is 17.8 Å². The molecule has 11 heteroatoms. The molecule has 0 bridgehead atoms. The number of carbonyl (C=O) groups excluding carboxylic acids is 2. The molecule has 32 heavy (non-hydrogen) atoms. The number of halogens is 2. The predicted octanol–water partition coefficient (Wildman–Crippen LogP) is 4.10. The minimum absolute atomic E-state index is 0.138. The maximum atomic E-state index is 12.4. The van der Waals surface area contributed by atoms with Crippen LogP contribution in [0.5, 0.6) is 5.75 Å². The number of anilines is 1. The van der Waals surface area contributed by atoms with Crippen LogP contribution in [-0.4, -0.2) is 39.4 Å². The van der Waals surface area contributed by atoms with Gasteiger partial charge in [0.1, 0.15) is 5.75 Å². The van der Waals surface area contributed by atoms with Crippen LogP contribution in [0.15, 0.2) is 41.6 Å². The number of hydrogen-bond donors (Lipinski definition) is 2. The third kappa shape index (κ3) is 5.93. The molecule has 0 saturated heterocycles. The Hall–Kier alpha value is -2.75. The van der Waals surface area contributed by atoms with Crippen molar-refractivity contribution in [1.82, 2.24) is 20.1 Å². The highest BCUT2D eigenvalue weighted by atomic mass is 35.5. The molecule has 1 heterocycles. The fourth-order valence-electron chi connectivity index (χ4n) is 2.76. The topological polar surface area (TPSA) is 98.1 Å². The van der Waals surface area contributed by atoms with Crippen molar-refractivity contribution in [3.8, 4) is 5.75 Å². The molecule has 0 spiro atoms. The number of carbonyl (C=O) groups is 2. The molecule has 0 aliphatic heterocycles. The number of thioether (sulfide) groups is 1. The Morgan fingerprint density at radius 3 is 2.62 bits per heavy atom. The number of methoxy groups -OCH3 is 1. The van der Waals surface area contributed by atoms with Gasteiger partial charge in [-0.1, -0.05) is 41.0 Å². The van der Waals surface area contributed by atoms with E-state index >= 15 is 0 Å². The quantitative estimate of drug-likeness (QED) is 0.458. The van der Waals surface area contributed by atoms with Crippen LogP contribution in [0, 0.1) is 6.92 Å². The number of amides is 2. The van der Waals surface area contributed by atoms with Gasteiger partial charge in [0.05, 0.1) is 35.1 Å². The Morgan fingerprint density at radius 1 is 1.12 bits per heavy atom. The molecular formula is C21H21Cl2N5O3S. The molecule has 0 fully saturated rings. The first-order valence-corrected chi connectivity index (χ1v) is 11.2. The second-order valence-electron chi connectivity index (χ2n) is 6.81. The molecular weight excluding hydrogens is 473 g/mol. The van der Waals surface area contributed by atoms with Gasteiger partial charge >= 0.3 is 0 Å². The summed E-state index contributed by atoms with van der Waals surface area (Å²) in [6.07, 6.45) is 0. The van der Waals surface area contributed by atoms with Crippen molar-refractivity contribution < 1.29 is 14.3 Å². The molecule has 0 unspecified atom stereocenters. The lowest BCUT2D eigenvalue weighted by molar-refractivity contribution is -0.113. The summed E-state index contributed by atoms with van der Waals surface area (Å²) >= 11 is 13.1. The number of hydrogen-bond acceptors (Lipinski definition) is 6. The Kier molecular flexibility index (Phi) is 8.00. The predicted molar refractivity (Wildman–Crippen MR) is 126 cm³/mol. The minimum Gasteiger partial charge on any atom is -0.495 e. The SMILES string of the molecule is COc1ccc(C)cc1NC(=O)CSc1nnc(CNC(=O)c2ccc(Cl)c(Cl)c2)n1C. The van der Waals surface area contributed by atoms with E-state index in [1.54, 1.807) is 36.9 Å². The fourth-order valence-corrected chi connectivity index (χ4v) is 3.79. The van der Waals surface area contributed by atoms with Crippen molar-refractivity contribution in [2.45, 2.75) is 18.6 Å². The Balaban J connectivity index is 1.55. The summed E-state index contributed by atoms with van der Waals surface area (Å²) in [6.45, 7) is 2.10. The molecule has 0 aliphatic rings. The summed E-state index contributed by atoms with van der Waals surface area (Å²) in [5.41, 5.74) is 2.01. The van der Waals surface area contributed by atoms with E-state index in [4.69, 9.17) is 27.9 Å². The standard InChI is InChI=1S/C21H21Cl2N5O3S/c1-12-4-7-17(31-3)16(8-12)25-19(29)11-32-21-27-26-18(28(21)2)10-24-20(30)13-5-6-14(22)15(23)9-13/h4-9H,10-11H2,1-3H3,(H,24,30)(H,25,29). The minimum atomic E-state index is -0.313. The third-order valence-corrected chi connectivity index (χ3v) is 6.23. The van der Waals surface area contributed by atoms with E-state index in [0.717, 1.165) is 5.56 Å². The largest absolute Gasteiger partial charge is 0.495 e. The smallest absolute Gasteiger partial charge is 0.251 e. The van der Waals surface area contributed by atoms with Crippen LogP contribution < -0.4 is 15.4 Å². The molecule has 0 aliphatic carbocycles. The summed E-state index contributed by atoms with van der Waals surface area (Å²) in [4.78, 5) is 24.7. The number of aryl methyl sites for hydroxylation is 1. The first kappa shape index (κ1) is 23.9. The van der Waals surface area contributed by atoms with Gasteiger partial charge < -0.3 is 19.9 Å². The second-order valence-corrected chi connectivity index (χ2v) is 8.57. The zero-order chi connectivity index (χ0) is 23.3. The lowest BCUT2D eigenvalue weighted by Gasteiger charge is -2.11. The highest BCUT2D eigenvalue weighted by molar-refractivity contribution is 7.99. The molecule has 0 saturated carbocycles. The molecule has 3 rings (SSSR count). The van der Waals surface area contributed by atoms with Crippen LogP contribution in [-0.2, 0) is 18.4 Å². The van der Waals surface area contributed by atoms with Gasteiger partial charge in [-0.15, -0.1) is 10.2 Å². The molecule has 2 N–H and O–H groups in total. The lowest BCUT2D eigenvalue weighted by atomic mass is 10.2. The van der Waals surface area contributed by atoms with Gasteiger partial charge in [-0.05, 0) is 42.8 Å². The van der Waals surface area contributed by atoms with E-state index < -0.39 is 0 Å². The highest BCUT2D eigenvalue weighted by Gasteiger charge is 2.15. The van der Waals surface area contributed by atoms with Crippen LogP contribution in [0.3, 0.4) is 0 Å². The van der Waals surface area contributed by atoms with E-state index in [2.05, 4.69) is 20.8 Å². The number of nitrogens with one attached hydrogen (secondary N) is 2. The number of nitrogens with zero attached hydrogens (tertiary/aromatic N) is 3. The zero-order valence-electron chi connectivity index (χ0n) is 17.6. The molecule has 0 radical (unpaired) electrons. The zero-order valence-corrected chi connectivity index (χ0v) is 19.9. The number of rotatable bonds is 8. The fraction of sp³-hybridized carbons (Fsp3) is 0.238. The van der Waals surface area contributed by atoms with Crippen molar-refractivity contribution in [3.63, 3.8) is 0 Å². The van der Waals surface area contributed by atoms with Crippen molar-refractivity contribution in [3.05, 3.63) is 63.4 Å². The molecule has 3 aromatic rings. The van der Waals surface area contributed by atoms with Gasteiger partial charge in [0, 0.05) is 12.6 Å². The van der Waals surface area contributed by atoms with Crippen molar-refractivity contribution in [2.75, 3.05) is 18.2 Å². The van der Waals surface area contributed by atoms with E-state index in [0.29, 0.717) is 38.0 Å². The van der Waals surface area contributed by atoms with Crippen LogP contribution in [0.25, 0.3) is 0 Å². The molecule has 1 aromatic heterocycles. The van der Waals surface area contributed by atoms with Crippen molar-refractivity contribution in [1.29, 1.82) is 0 Å². The Morgan fingerprint density at radius 2 is 1.91 bits per heavy atom. The van der Waals surface area contributed by atoms with Crippen LogP contribution in [0.2, 0.25) is 10.0 Å². The molecule has 8 nitrogen and oxygen atoms in total. The third-order valence-electron chi connectivity index (χ3n) is 4.48. The van der Waals surface area contributed by atoms with Gasteiger partial charge in [-0.2, -0.15) is 0 Å². The van der Waals surface area contributed by atoms with Crippen LogP contribution in [0.1, 0.15) is 21.7 Å². The van der Waals surface area contributed by atoms with Crippen molar-refractivity contribution >= 4 is 52.5 Å². The van der Waals surface area contributed by atoms with E-state index in [1.807, 2.05) is 19.1 Å². The van der Waals surface area contributed by atoms with Crippen LogP contribution >= 0.6 is 35.0 Å². The van der Waals surface area contributed by atoms with Crippen molar-refractivity contribution in [2.24, 2.45) is 7.05 Å². The monoisotopic (exact) mass is 493 g/mol. The Bertz CT molecular complexity index is 1150. The molecule has 2 aromatic carbocycles. The van der Waals surface area contributed by atoms with Crippen LogP contribution in [0.4, 0.5) is 5.69 Å². The maximum absolute atomic E-state index is 12.4.